The van der Waals surface area contributed by atoms with Crippen molar-refractivity contribution in [2.24, 2.45) is 11.8 Å². The Morgan fingerprint density at radius 3 is 2.10 bits per heavy atom. The van der Waals surface area contributed by atoms with Crippen molar-refractivity contribution in [1.82, 2.24) is 0 Å². The molecule has 0 aliphatic heterocycles. The maximum absolute atomic E-state index is 10.0. The molecule has 0 bridgehead atoms. The molecule has 3 radical (unpaired) electrons. The van der Waals surface area contributed by atoms with Crippen molar-refractivity contribution in [2.75, 3.05) is 0 Å². The van der Waals surface area contributed by atoms with E-state index in [1.54, 1.807) is 18.9 Å². The summed E-state index contributed by atoms with van der Waals surface area (Å²) in [6.07, 6.45) is 4.66. The van der Waals surface area contributed by atoms with E-state index in [4.69, 9.17) is 0 Å². The van der Waals surface area contributed by atoms with Crippen molar-refractivity contribution in [3.63, 3.8) is 0 Å². The first-order chi connectivity index (χ1) is 4.76. The van der Waals surface area contributed by atoms with Crippen LogP contribution in [-0.4, -0.2) is 18.9 Å². The molecule has 0 heterocycles. The zero-order valence-electron chi connectivity index (χ0n) is 5.59. The van der Waals surface area contributed by atoms with Crippen LogP contribution in [0.15, 0.2) is 0 Å². The van der Waals surface area contributed by atoms with E-state index in [9.17, 15) is 14.4 Å². The van der Waals surface area contributed by atoms with E-state index in [2.05, 4.69) is 0 Å². The normalized spacial score (nSPS) is 15.3. The summed E-state index contributed by atoms with van der Waals surface area (Å²) in [5.41, 5.74) is 0. The van der Waals surface area contributed by atoms with Crippen molar-refractivity contribution in [3.05, 3.63) is 0 Å². The van der Waals surface area contributed by atoms with Crippen LogP contribution in [0.2, 0.25) is 0 Å². The minimum Gasteiger partial charge on any atom is -0.291 e. The molecule has 53 valence electrons. The summed E-state index contributed by atoms with van der Waals surface area (Å²) in [5.74, 6) is -1.23. The second kappa shape index (κ2) is 4.85. The van der Waals surface area contributed by atoms with Crippen LogP contribution < -0.4 is 0 Å². The Hall–Kier alpha value is -0.990. The van der Waals surface area contributed by atoms with E-state index in [-0.39, 0.29) is 6.42 Å². The first-order valence-electron chi connectivity index (χ1n) is 2.86. The number of rotatable bonds is 5. The predicted octanol–water partition coefficient (Wildman–Crippen LogP) is -0.0421. The zero-order chi connectivity index (χ0) is 7.98. The third kappa shape index (κ3) is 2.53. The summed E-state index contributed by atoms with van der Waals surface area (Å²) in [6.45, 7) is 1.51. The molecule has 10 heavy (non-hydrogen) atoms. The van der Waals surface area contributed by atoms with Crippen LogP contribution in [0.3, 0.4) is 0 Å². The van der Waals surface area contributed by atoms with Gasteiger partial charge in [-0.2, -0.15) is 0 Å². The second-order valence-corrected chi connectivity index (χ2v) is 1.98. The Labute approximate surface area is 59.4 Å². The standard InChI is InChI=1S/C7H7O3/c1-6(4-9)7(5-10)2-3-8/h6-7H,2H2,1H3. The van der Waals surface area contributed by atoms with E-state index in [0.29, 0.717) is 0 Å². The lowest BCUT2D eigenvalue weighted by Crippen LogP contribution is -2.14. The quantitative estimate of drug-likeness (QED) is 0.537. The first kappa shape index (κ1) is 9.01. The minimum absolute atomic E-state index is 0.0695. The van der Waals surface area contributed by atoms with Gasteiger partial charge in [0.15, 0.2) is 6.29 Å². The maximum atomic E-state index is 10.0. The monoisotopic (exact) mass is 139 g/mol. The number of hydrogen-bond donors (Lipinski definition) is 0. The Morgan fingerprint density at radius 2 is 1.80 bits per heavy atom. The second-order valence-electron chi connectivity index (χ2n) is 1.98. The maximum Gasteiger partial charge on any atom is 0.202 e. The average molecular weight is 139 g/mol. The fraction of sp³-hybridized carbons (Fsp3) is 0.571. The highest BCUT2D eigenvalue weighted by Crippen LogP contribution is 2.08. The molecule has 0 rings (SSSR count). The van der Waals surface area contributed by atoms with Gasteiger partial charge in [0, 0.05) is 18.3 Å². The fourth-order valence-corrected chi connectivity index (χ4v) is 0.492. The van der Waals surface area contributed by atoms with E-state index in [1.807, 2.05) is 0 Å². The van der Waals surface area contributed by atoms with Gasteiger partial charge in [0.25, 0.3) is 0 Å². The summed E-state index contributed by atoms with van der Waals surface area (Å²) in [6, 6.07) is 0. The molecule has 2 atom stereocenters. The topological polar surface area (TPSA) is 51.2 Å². The van der Waals surface area contributed by atoms with E-state index >= 15 is 0 Å². The average Bonchev–Trinajstić information content (AvgIpc) is 1.99. The molecule has 3 heteroatoms. The Bertz CT molecular complexity index is 131. The highest BCUT2D eigenvalue weighted by molar-refractivity contribution is 5.69. The van der Waals surface area contributed by atoms with Gasteiger partial charge >= 0.3 is 0 Å². The van der Waals surface area contributed by atoms with Gasteiger partial charge in [-0.25, -0.2) is 0 Å². The summed E-state index contributed by atoms with van der Waals surface area (Å²) in [5, 5.41) is 0. The summed E-state index contributed by atoms with van der Waals surface area (Å²) in [4.78, 5) is 29.7. The third-order valence-electron chi connectivity index (χ3n) is 1.24. The molecule has 0 aromatic carbocycles. The molecule has 0 saturated carbocycles. The molecule has 0 aromatic heterocycles. The van der Waals surface area contributed by atoms with E-state index < -0.39 is 11.8 Å². The smallest absolute Gasteiger partial charge is 0.202 e. The van der Waals surface area contributed by atoms with Crippen molar-refractivity contribution in [1.29, 1.82) is 0 Å². The molecule has 2 unspecified atom stereocenters. The van der Waals surface area contributed by atoms with Gasteiger partial charge in [0.1, 0.15) is 0 Å². The van der Waals surface area contributed by atoms with Crippen molar-refractivity contribution < 1.29 is 14.4 Å². The number of hydrogen-bond acceptors (Lipinski definition) is 3. The molecule has 0 fully saturated rings. The highest BCUT2D eigenvalue weighted by atomic mass is 16.1. The molecular weight excluding hydrogens is 132 g/mol. The lowest BCUT2D eigenvalue weighted by molar-refractivity contribution is 0.457. The lowest BCUT2D eigenvalue weighted by Gasteiger charge is -2.04. The zero-order valence-corrected chi connectivity index (χ0v) is 5.59. The third-order valence-corrected chi connectivity index (χ3v) is 1.24. The molecule has 0 spiro atoms. The summed E-state index contributed by atoms with van der Waals surface area (Å²) < 4.78 is 0. The van der Waals surface area contributed by atoms with Crippen LogP contribution in [-0.2, 0) is 14.4 Å². The van der Waals surface area contributed by atoms with Gasteiger partial charge in [-0.3, -0.25) is 14.4 Å². The summed E-state index contributed by atoms with van der Waals surface area (Å²) >= 11 is 0. The van der Waals surface area contributed by atoms with Crippen LogP contribution in [0.4, 0.5) is 0 Å². The molecule has 0 amide bonds. The van der Waals surface area contributed by atoms with Gasteiger partial charge in [-0.15, -0.1) is 0 Å². The molecule has 0 aliphatic rings. The van der Waals surface area contributed by atoms with Crippen LogP contribution >= 0.6 is 0 Å². The Kier molecular flexibility index (Phi) is 4.37. The van der Waals surface area contributed by atoms with E-state index in [0.717, 1.165) is 0 Å². The largest absolute Gasteiger partial charge is 0.291 e. The molecule has 0 aliphatic carbocycles. The minimum atomic E-state index is -0.671. The van der Waals surface area contributed by atoms with Gasteiger partial charge in [-0.05, 0) is 0 Å². The van der Waals surface area contributed by atoms with E-state index in [1.165, 1.54) is 6.92 Å². The Balaban J connectivity index is 3.90. The Morgan fingerprint density at radius 1 is 1.20 bits per heavy atom. The van der Waals surface area contributed by atoms with Crippen molar-refractivity contribution in [3.8, 4) is 0 Å². The van der Waals surface area contributed by atoms with Gasteiger partial charge in [0.2, 0.25) is 12.6 Å². The first-order valence-corrected chi connectivity index (χ1v) is 2.86. The fourth-order valence-electron chi connectivity index (χ4n) is 0.492. The van der Waals surface area contributed by atoms with Crippen LogP contribution in [0.5, 0.6) is 0 Å². The van der Waals surface area contributed by atoms with Crippen LogP contribution in [0, 0.1) is 11.8 Å². The molecule has 3 nitrogen and oxygen atoms in total. The van der Waals surface area contributed by atoms with Crippen LogP contribution in [0.1, 0.15) is 13.3 Å². The van der Waals surface area contributed by atoms with Gasteiger partial charge in [0.05, 0.1) is 0 Å². The van der Waals surface area contributed by atoms with Crippen molar-refractivity contribution in [2.45, 2.75) is 13.3 Å². The molecule has 0 saturated heterocycles. The van der Waals surface area contributed by atoms with Gasteiger partial charge < -0.3 is 0 Å². The summed E-state index contributed by atoms with van der Waals surface area (Å²) in [7, 11) is 0. The molecule has 0 aromatic rings. The van der Waals surface area contributed by atoms with Crippen LogP contribution in [0.25, 0.3) is 0 Å². The van der Waals surface area contributed by atoms with Crippen molar-refractivity contribution >= 4 is 18.9 Å². The molecular formula is C7H7O3. The predicted molar refractivity (Wildman–Crippen MR) is 34.4 cm³/mol. The molecule has 0 N–H and O–H groups in total. The highest BCUT2D eigenvalue weighted by Gasteiger charge is 2.16. The lowest BCUT2D eigenvalue weighted by atomic mass is 9.94. The number of carbonyl (C=O) groups excluding carboxylic acids is 3. The van der Waals surface area contributed by atoms with Gasteiger partial charge in [-0.1, -0.05) is 6.92 Å². The SMILES string of the molecule is CC([C]=O)C([C]=O)C[C]=O.